The lowest BCUT2D eigenvalue weighted by Gasteiger charge is -2.11. The molecule has 0 atom stereocenters. The second kappa shape index (κ2) is 7.11. The van der Waals surface area contributed by atoms with Gasteiger partial charge in [0, 0.05) is 9.13 Å². The molecule has 2 aromatic rings. The van der Waals surface area contributed by atoms with Crippen molar-refractivity contribution in [3.05, 3.63) is 67.2 Å². The van der Waals surface area contributed by atoms with E-state index in [4.69, 9.17) is 11.6 Å². The normalized spacial score (nSPS) is 10.2. The summed E-state index contributed by atoms with van der Waals surface area (Å²) < 4.78 is 0.985. The first kappa shape index (κ1) is 16.8. The molecule has 6 heteroatoms. The summed E-state index contributed by atoms with van der Waals surface area (Å²) in [6.07, 6.45) is 0. The van der Waals surface area contributed by atoms with E-state index < -0.39 is 5.91 Å². The molecule has 4 nitrogen and oxygen atoms in total. The van der Waals surface area contributed by atoms with Crippen LogP contribution in [0, 0.1) is 17.4 Å². The summed E-state index contributed by atoms with van der Waals surface area (Å²) in [5.41, 5.74) is 7.44. The van der Waals surface area contributed by atoms with Crippen molar-refractivity contribution in [3.8, 4) is 0 Å². The lowest BCUT2D eigenvalue weighted by molar-refractivity contribution is 0.0846. The Hall–Kier alpha value is -1.60. The molecule has 0 radical (unpaired) electrons. The second-order valence-corrected chi connectivity index (χ2v) is 6.37. The number of hydrazine groups is 1. The van der Waals surface area contributed by atoms with Gasteiger partial charge in [-0.3, -0.25) is 20.4 Å². The third-order valence-electron chi connectivity index (χ3n) is 3.17. The molecular formula is C16H14ClIN2O2. The molecule has 114 valence electrons. The topological polar surface area (TPSA) is 58.2 Å². The maximum Gasteiger partial charge on any atom is 0.271 e. The SMILES string of the molecule is Cc1ccc(C(=O)NNC(=O)c2c(C)cccc2Cl)cc1I. The van der Waals surface area contributed by atoms with E-state index in [9.17, 15) is 9.59 Å². The van der Waals surface area contributed by atoms with Crippen LogP contribution in [0.4, 0.5) is 0 Å². The number of benzene rings is 2. The highest BCUT2D eigenvalue weighted by Gasteiger charge is 2.14. The van der Waals surface area contributed by atoms with Crippen LogP contribution in [0.1, 0.15) is 31.8 Å². The van der Waals surface area contributed by atoms with Gasteiger partial charge in [-0.05, 0) is 65.8 Å². The van der Waals surface area contributed by atoms with Crippen LogP contribution >= 0.6 is 34.2 Å². The standard InChI is InChI=1S/C16H14ClIN2O2/c1-9-6-7-11(8-13(9)18)15(21)19-20-16(22)14-10(2)4-3-5-12(14)17/h3-8H,1-2H3,(H,19,21)(H,20,22). The number of carbonyl (C=O) groups is 2. The third kappa shape index (κ3) is 3.78. The van der Waals surface area contributed by atoms with Crippen molar-refractivity contribution in [2.45, 2.75) is 13.8 Å². The van der Waals surface area contributed by atoms with Gasteiger partial charge in [0.25, 0.3) is 11.8 Å². The summed E-state index contributed by atoms with van der Waals surface area (Å²) in [6.45, 7) is 3.75. The Morgan fingerprint density at radius 2 is 1.68 bits per heavy atom. The maximum absolute atomic E-state index is 12.1. The smallest absolute Gasteiger partial charge is 0.267 e. The van der Waals surface area contributed by atoms with Crippen molar-refractivity contribution in [2.24, 2.45) is 0 Å². The van der Waals surface area contributed by atoms with Gasteiger partial charge in [-0.15, -0.1) is 0 Å². The van der Waals surface area contributed by atoms with Crippen LogP contribution in [0.25, 0.3) is 0 Å². The van der Waals surface area contributed by atoms with E-state index in [1.54, 1.807) is 37.3 Å². The van der Waals surface area contributed by atoms with E-state index in [2.05, 4.69) is 33.4 Å². The number of amides is 2. The molecule has 0 aliphatic heterocycles. The highest BCUT2D eigenvalue weighted by atomic mass is 127. The Balaban J connectivity index is 2.07. The summed E-state index contributed by atoms with van der Waals surface area (Å²) in [5.74, 6) is -0.825. The fourth-order valence-electron chi connectivity index (χ4n) is 1.90. The van der Waals surface area contributed by atoms with Crippen LogP contribution in [0.15, 0.2) is 36.4 Å². The Labute approximate surface area is 147 Å². The Morgan fingerprint density at radius 3 is 2.32 bits per heavy atom. The van der Waals surface area contributed by atoms with Gasteiger partial charge in [-0.1, -0.05) is 29.8 Å². The molecule has 22 heavy (non-hydrogen) atoms. The van der Waals surface area contributed by atoms with Gasteiger partial charge in [-0.2, -0.15) is 0 Å². The maximum atomic E-state index is 12.1. The number of halogens is 2. The monoisotopic (exact) mass is 428 g/mol. The first-order valence-electron chi connectivity index (χ1n) is 6.52. The van der Waals surface area contributed by atoms with Gasteiger partial charge in [0.2, 0.25) is 0 Å². The number of rotatable bonds is 2. The molecule has 0 spiro atoms. The van der Waals surface area contributed by atoms with E-state index in [-0.39, 0.29) is 5.91 Å². The lowest BCUT2D eigenvalue weighted by Crippen LogP contribution is -2.42. The van der Waals surface area contributed by atoms with Crippen LogP contribution in [0.5, 0.6) is 0 Å². The molecule has 0 aromatic heterocycles. The number of nitrogens with one attached hydrogen (secondary N) is 2. The molecule has 2 aromatic carbocycles. The zero-order valence-corrected chi connectivity index (χ0v) is 14.9. The molecule has 2 rings (SSSR count). The Bertz CT molecular complexity index is 727. The van der Waals surface area contributed by atoms with Gasteiger partial charge in [0.1, 0.15) is 0 Å². The predicted molar refractivity (Wildman–Crippen MR) is 95.0 cm³/mol. The predicted octanol–water partition coefficient (Wildman–Crippen LogP) is 3.64. The van der Waals surface area contributed by atoms with Gasteiger partial charge in [0.05, 0.1) is 10.6 Å². The minimum Gasteiger partial charge on any atom is -0.267 e. The molecule has 0 bridgehead atoms. The van der Waals surface area contributed by atoms with Crippen LogP contribution in [-0.2, 0) is 0 Å². The molecule has 2 N–H and O–H groups in total. The average molecular weight is 429 g/mol. The largest absolute Gasteiger partial charge is 0.271 e. The quantitative estimate of drug-likeness (QED) is 0.567. The highest BCUT2D eigenvalue weighted by molar-refractivity contribution is 14.1. The molecule has 0 heterocycles. The second-order valence-electron chi connectivity index (χ2n) is 4.80. The van der Waals surface area contributed by atoms with E-state index in [1.807, 2.05) is 13.0 Å². The van der Waals surface area contributed by atoms with Crippen LogP contribution in [-0.4, -0.2) is 11.8 Å². The van der Waals surface area contributed by atoms with Crippen molar-refractivity contribution in [1.29, 1.82) is 0 Å². The van der Waals surface area contributed by atoms with Crippen molar-refractivity contribution < 1.29 is 9.59 Å². The lowest BCUT2D eigenvalue weighted by atomic mass is 10.1. The van der Waals surface area contributed by atoms with Crippen molar-refractivity contribution in [1.82, 2.24) is 10.9 Å². The van der Waals surface area contributed by atoms with Crippen molar-refractivity contribution in [3.63, 3.8) is 0 Å². The molecule has 0 unspecified atom stereocenters. The van der Waals surface area contributed by atoms with E-state index in [0.29, 0.717) is 16.1 Å². The first-order valence-corrected chi connectivity index (χ1v) is 7.97. The fraction of sp³-hybridized carbons (Fsp3) is 0.125. The minimum atomic E-state index is -0.446. The minimum absolute atomic E-state index is 0.344. The summed E-state index contributed by atoms with van der Waals surface area (Å²) in [5, 5.41) is 0.344. The highest BCUT2D eigenvalue weighted by Crippen LogP contribution is 2.19. The zero-order valence-electron chi connectivity index (χ0n) is 12.0. The van der Waals surface area contributed by atoms with Crippen molar-refractivity contribution >= 4 is 46.0 Å². The van der Waals surface area contributed by atoms with Gasteiger partial charge >= 0.3 is 0 Å². The number of carbonyl (C=O) groups excluding carboxylic acids is 2. The van der Waals surface area contributed by atoms with Crippen LogP contribution in [0.2, 0.25) is 5.02 Å². The number of hydrogen-bond donors (Lipinski definition) is 2. The summed E-state index contributed by atoms with van der Waals surface area (Å²) >= 11 is 8.18. The van der Waals surface area contributed by atoms with Crippen LogP contribution < -0.4 is 10.9 Å². The molecule has 0 aliphatic carbocycles. The summed E-state index contributed by atoms with van der Waals surface area (Å²) in [4.78, 5) is 24.2. The first-order chi connectivity index (χ1) is 10.4. The van der Waals surface area contributed by atoms with E-state index in [0.717, 1.165) is 14.7 Å². The molecule has 0 saturated heterocycles. The molecule has 0 aliphatic rings. The Kier molecular flexibility index (Phi) is 5.42. The zero-order chi connectivity index (χ0) is 16.3. The van der Waals surface area contributed by atoms with E-state index >= 15 is 0 Å². The fourth-order valence-corrected chi connectivity index (χ4v) is 2.72. The van der Waals surface area contributed by atoms with Crippen molar-refractivity contribution in [2.75, 3.05) is 0 Å². The summed E-state index contributed by atoms with van der Waals surface area (Å²) in [7, 11) is 0. The van der Waals surface area contributed by atoms with Crippen LogP contribution in [0.3, 0.4) is 0 Å². The third-order valence-corrected chi connectivity index (χ3v) is 4.65. The molecule has 0 fully saturated rings. The molecule has 0 saturated carbocycles. The van der Waals surface area contributed by atoms with Gasteiger partial charge < -0.3 is 0 Å². The molecular weight excluding hydrogens is 415 g/mol. The van der Waals surface area contributed by atoms with Gasteiger partial charge in [0.15, 0.2) is 0 Å². The molecule has 2 amide bonds. The Morgan fingerprint density at radius 1 is 1.00 bits per heavy atom. The van der Waals surface area contributed by atoms with Gasteiger partial charge in [-0.25, -0.2) is 0 Å². The van der Waals surface area contributed by atoms with E-state index in [1.165, 1.54) is 0 Å². The average Bonchev–Trinajstić information content (AvgIpc) is 2.47. The number of aryl methyl sites for hydroxylation is 2. The number of hydrogen-bond acceptors (Lipinski definition) is 2. The summed E-state index contributed by atoms with van der Waals surface area (Å²) in [6, 6.07) is 10.5.